The third-order valence-corrected chi connectivity index (χ3v) is 3.68. The molecule has 1 aromatic carbocycles. The summed E-state index contributed by atoms with van der Waals surface area (Å²) in [5.41, 5.74) is -1.33. The number of halogens is 3. The average Bonchev–Trinajstić information content (AvgIpc) is 2.21. The van der Waals surface area contributed by atoms with Crippen LogP contribution in [-0.4, -0.2) is 23.2 Å². The second-order valence-corrected chi connectivity index (χ2v) is 5.41. The van der Waals surface area contributed by atoms with Crippen molar-refractivity contribution < 1.29 is 18.7 Å². The van der Waals surface area contributed by atoms with E-state index in [4.69, 9.17) is 0 Å². The SMILES string of the molecule is O=C(NC1(CO)CCC1)c1c(F)cc(Br)cc1F. The van der Waals surface area contributed by atoms with Crippen LogP contribution in [0.2, 0.25) is 0 Å². The number of carbonyl (C=O) groups is 1. The third kappa shape index (κ3) is 2.40. The molecule has 6 heteroatoms. The van der Waals surface area contributed by atoms with Gasteiger partial charge in [0.15, 0.2) is 0 Å². The highest BCUT2D eigenvalue weighted by Crippen LogP contribution is 2.32. The monoisotopic (exact) mass is 319 g/mol. The largest absolute Gasteiger partial charge is 0.394 e. The summed E-state index contributed by atoms with van der Waals surface area (Å²) < 4.78 is 27.4. The summed E-state index contributed by atoms with van der Waals surface area (Å²) in [7, 11) is 0. The van der Waals surface area contributed by atoms with Crippen LogP contribution in [0.5, 0.6) is 0 Å². The fraction of sp³-hybridized carbons (Fsp3) is 0.417. The van der Waals surface area contributed by atoms with Crippen molar-refractivity contribution in [2.24, 2.45) is 0 Å². The van der Waals surface area contributed by atoms with E-state index in [2.05, 4.69) is 21.2 Å². The molecule has 1 aliphatic carbocycles. The van der Waals surface area contributed by atoms with Crippen LogP contribution in [0.25, 0.3) is 0 Å². The number of amides is 1. The van der Waals surface area contributed by atoms with Crippen LogP contribution in [0.3, 0.4) is 0 Å². The van der Waals surface area contributed by atoms with E-state index in [1.165, 1.54) is 0 Å². The molecule has 1 fully saturated rings. The van der Waals surface area contributed by atoms with E-state index >= 15 is 0 Å². The van der Waals surface area contributed by atoms with Crippen molar-refractivity contribution in [2.75, 3.05) is 6.61 Å². The number of aliphatic hydroxyl groups is 1. The highest BCUT2D eigenvalue weighted by molar-refractivity contribution is 9.10. The van der Waals surface area contributed by atoms with Gasteiger partial charge < -0.3 is 10.4 Å². The van der Waals surface area contributed by atoms with E-state index in [9.17, 15) is 18.7 Å². The fourth-order valence-electron chi connectivity index (χ4n) is 1.99. The first-order valence-electron chi connectivity index (χ1n) is 5.55. The lowest BCUT2D eigenvalue weighted by Gasteiger charge is -2.40. The average molecular weight is 320 g/mol. The van der Waals surface area contributed by atoms with E-state index < -0.39 is 28.6 Å². The van der Waals surface area contributed by atoms with Gasteiger partial charge >= 0.3 is 0 Å². The summed E-state index contributed by atoms with van der Waals surface area (Å²) >= 11 is 2.94. The number of hydrogen-bond donors (Lipinski definition) is 2. The predicted octanol–water partition coefficient (Wildman–Crippen LogP) is 2.37. The van der Waals surface area contributed by atoms with Gasteiger partial charge in [0.1, 0.15) is 17.2 Å². The lowest BCUT2D eigenvalue weighted by molar-refractivity contribution is 0.0635. The predicted molar refractivity (Wildman–Crippen MR) is 65.2 cm³/mol. The van der Waals surface area contributed by atoms with Gasteiger partial charge in [0.25, 0.3) is 5.91 Å². The van der Waals surface area contributed by atoms with Crippen LogP contribution in [0, 0.1) is 11.6 Å². The van der Waals surface area contributed by atoms with Crippen LogP contribution in [0.1, 0.15) is 29.6 Å². The van der Waals surface area contributed by atoms with E-state index in [1.54, 1.807) is 0 Å². The molecule has 18 heavy (non-hydrogen) atoms. The molecule has 1 saturated carbocycles. The maximum atomic E-state index is 13.6. The van der Waals surface area contributed by atoms with Gasteiger partial charge in [0.2, 0.25) is 0 Å². The van der Waals surface area contributed by atoms with Crippen LogP contribution in [0.4, 0.5) is 8.78 Å². The van der Waals surface area contributed by atoms with E-state index in [0.29, 0.717) is 12.8 Å². The maximum absolute atomic E-state index is 13.6. The molecule has 1 amide bonds. The fourth-order valence-corrected chi connectivity index (χ4v) is 2.39. The number of benzene rings is 1. The molecule has 0 bridgehead atoms. The molecular formula is C12H12BrF2NO2. The summed E-state index contributed by atoms with van der Waals surface area (Å²) in [6.07, 6.45) is 2.12. The van der Waals surface area contributed by atoms with Crippen molar-refractivity contribution in [3.63, 3.8) is 0 Å². The molecule has 0 unspecified atom stereocenters. The summed E-state index contributed by atoms with van der Waals surface area (Å²) in [6, 6.07) is 2.06. The van der Waals surface area contributed by atoms with Crippen molar-refractivity contribution in [1.29, 1.82) is 0 Å². The number of rotatable bonds is 3. The molecule has 98 valence electrons. The molecule has 2 rings (SSSR count). The van der Waals surface area contributed by atoms with Gasteiger partial charge in [-0.3, -0.25) is 4.79 Å². The first-order chi connectivity index (χ1) is 8.47. The summed E-state index contributed by atoms with van der Waals surface area (Å²) in [5, 5.41) is 11.7. The van der Waals surface area contributed by atoms with E-state index in [0.717, 1.165) is 18.6 Å². The molecule has 0 radical (unpaired) electrons. The Morgan fingerprint density at radius 1 is 1.39 bits per heavy atom. The van der Waals surface area contributed by atoms with Crippen molar-refractivity contribution in [3.8, 4) is 0 Å². The van der Waals surface area contributed by atoms with Crippen LogP contribution in [0.15, 0.2) is 16.6 Å². The van der Waals surface area contributed by atoms with E-state index in [-0.39, 0.29) is 11.1 Å². The van der Waals surface area contributed by atoms with Gasteiger partial charge in [-0.25, -0.2) is 8.78 Å². The number of hydrogen-bond acceptors (Lipinski definition) is 2. The van der Waals surface area contributed by atoms with Crippen molar-refractivity contribution in [2.45, 2.75) is 24.8 Å². The van der Waals surface area contributed by atoms with Crippen molar-refractivity contribution in [1.82, 2.24) is 5.32 Å². The molecule has 1 aliphatic rings. The molecule has 1 aromatic rings. The molecule has 0 spiro atoms. The minimum Gasteiger partial charge on any atom is -0.394 e. The Kier molecular flexibility index (Phi) is 3.68. The lowest BCUT2D eigenvalue weighted by atomic mass is 9.77. The Morgan fingerprint density at radius 2 is 1.94 bits per heavy atom. The Balaban J connectivity index is 2.24. The van der Waals surface area contributed by atoms with Gasteiger partial charge in [-0.2, -0.15) is 0 Å². The smallest absolute Gasteiger partial charge is 0.257 e. The molecule has 2 N–H and O–H groups in total. The van der Waals surface area contributed by atoms with E-state index in [1.807, 2.05) is 0 Å². The Hall–Kier alpha value is -1.01. The zero-order chi connectivity index (χ0) is 13.3. The molecular weight excluding hydrogens is 308 g/mol. The minimum atomic E-state index is -0.924. The molecule has 0 aliphatic heterocycles. The second-order valence-electron chi connectivity index (χ2n) is 4.49. The van der Waals surface area contributed by atoms with Crippen molar-refractivity contribution in [3.05, 3.63) is 33.8 Å². The Bertz CT molecular complexity index is 460. The summed E-state index contributed by atoms with van der Waals surface area (Å²) in [6.45, 7) is -0.224. The highest BCUT2D eigenvalue weighted by atomic mass is 79.9. The third-order valence-electron chi connectivity index (χ3n) is 3.23. The Morgan fingerprint density at radius 3 is 2.33 bits per heavy atom. The summed E-state index contributed by atoms with van der Waals surface area (Å²) in [4.78, 5) is 11.8. The minimum absolute atomic E-state index is 0.224. The molecule has 0 atom stereocenters. The molecule has 0 heterocycles. The zero-order valence-electron chi connectivity index (χ0n) is 9.47. The van der Waals surface area contributed by atoms with Crippen LogP contribution < -0.4 is 5.32 Å². The second kappa shape index (κ2) is 4.93. The quantitative estimate of drug-likeness (QED) is 0.898. The lowest BCUT2D eigenvalue weighted by Crippen LogP contribution is -2.56. The summed E-state index contributed by atoms with van der Waals surface area (Å²) in [5.74, 6) is -2.68. The van der Waals surface area contributed by atoms with Crippen molar-refractivity contribution >= 4 is 21.8 Å². The van der Waals surface area contributed by atoms with Crippen LogP contribution in [-0.2, 0) is 0 Å². The first-order valence-corrected chi connectivity index (χ1v) is 6.35. The maximum Gasteiger partial charge on any atom is 0.257 e. The molecule has 0 aromatic heterocycles. The van der Waals surface area contributed by atoms with Crippen LogP contribution >= 0.6 is 15.9 Å². The topological polar surface area (TPSA) is 49.3 Å². The number of aliphatic hydroxyl groups excluding tert-OH is 1. The normalized spacial score (nSPS) is 17.1. The first kappa shape index (κ1) is 13.4. The zero-order valence-corrected chi connectivity index (χ0v) is 11.1. The van der Waals surface area contributed by atoms with Gasteiger partial charge in [-0.05, 0) is 31.4 Å². The standard InChI is InChI=1S/C12H12BrF2NO2/c13-7-4-8(14)10(9(15)5-7)11(18)16-12(6-17)2-1-3-12/h4-5,17H,1-3,6H2,(H,16,18). The van der Waals surface area contributed by atoms with Gasteiger partial charge in [-0.15, -0.1) is 0 Å². The van der Waals surface area contributed by atoms with Gasteiger partial charge in [-0.1, -0.05) is 15.9 Å². The molecule has 3 nitrogen and oxygen atoms in total. The number of nitrogens with one attached hydrogen (secondary N) is 1. The molecule has 0 saturated heterocycles. The highest BCUT2D eigenvalue weighted by Gasteiger charge is 2.38. The van der Waals surface area contributed by atoms with Gasteiger partial charge in [0, 0.05) is 4.47 Å². The number of carbonyl (C=O) groups excluding carboxylic acids is 1. The Labute approximate surface area is 111 Å². The van der Waals surface area contributed by atoms with Gasteiger partial charge in [0.05, 0.1) is 12.1 Å².